The Bertz CT molecular complexity index is 729. The van der Waals surface area contributed by atoms with Crippen molar-refractivity contribution in [3.63, 3.8) is 0 Å². The molecular weight excluding hydrogens is 276 g/mol. The second kappa shape index (κ2) is 5.20. The van der Waals surface area contributed by atoms with Crippen molar-refractivity contribution in [3.05, 3.63) is 36.4 Å². The summed E-state index contributed by atoms with van der Waals surface area (Å²) in [5, 5.41) is 7.85. The third kappa shape index (κ3) is 2.27. The fraction of sp³-hybridized carbons (Fsp3) is 0.385. The summed E-state index contributed by atoms with van der Waals surface area (Å²) >= 11 is 6.23. The SMILES string of the molecule is CC(Cl)c1nc2cnccc2n1CCc1nncn1C. The molecule has 0 aliphatic heterocycles. The first-order valence-electron chi connectivity index (χ1n) is 6.44. The highest BCUT2D eigenvalue weighted by Gasteiger charge is 2.15. The van der Waals surface area contributed by atoms with Gasteiger partial charge >= 0.3 is 0 Å². The van der Waals surface area contributed by atoms with E-state index in [1.54, 1.807) is 18.7 Å². The summed E-state index contributed by atoms with van der Waals surface area (Å²) in [6, 6.07) is 1.96. The third-order valence-corrected chi connectivity index (χ3v) is 3.50. The summed E-state index contributed by atoms with van der Waals surface area (Å²) < 4.78 is 4.05. The van der Waals surface area contributed by atoms with Crippen LogP contribution in [-0.2, 0) is 20.0 Å². The Balaban J connectivity index is 1.97. The zero-order valence-corrected chi connectivity index (χ0v) is 12.1. The lowest BCUT2D eigenvalue weighted by Crippen LogP contribution is -2.09. The van der Waals surface area contributed by atoms with E-state index in [-0.39, 0.29) is 5.38 Å². The molecule has 3 aromatic rings. The van der Waals surface area contributed by atoms with Gasteiger partial charge in [0.05, 0.1) is 17.1 Å². The average molecular weight is 291 g/mol. The maximum absolute atomic E-state index is 6.23. The van der Waals surface area contributed by atoms with Gasteiger partial charge in [-0.1, -0.05) is 0 Å². The molecule has 20 heavy (non-hydrogen) atoms. The number of imidazole rings is 1. The average Bonchev–Trinajstić information content (AvgIpc) is 3.00. The van der Waals surface area contributed by atoms with Crippen molar-refractivity contribution < 1.29 is 0 Å². The fourth-order valence-corrected chi connectivity index (χ4v) is 2.45. The zero-order valence-electron chi connectivity index (χ0n) is 11.4. The number of rotatable bonds is 4. The minimum atomic E-state index is -0.151. The van der Waals surface area contributed by atoms with Crippen LogP contribution >= 0.6 is 11.6 Å². The topological polar surface area (TPSA) is 61.4 Å². The predicted molar refractivity (Wildman–Crippen MR) is 76.5 cm³/mol. The summed E-state index contributed by atoms with van der Waals surface area (Å²) in [6.07, 6.45) is 6.01. The van der Waals surface area contributed by atoms with E-state index in [9.17, 15) is 0 Å². The first-order valence-corrected chi connectivity index (χ1v) is 6.87. The van der Waals surface area contributed by atoms with Gasteiger partial charge in [0.25, 0.3) is 0 Å². The molecular formula is C13H15ClN6. The van der Waals surface area contributed by atoms with Crippen LogP contribution in [0.15, 0.2) is 24.8 Å². The molecule has 0 N–H and O–H groups in total. The molecule has 6 nitrogen and oxygen atoms in total. The monoisotopic (exact) mass is 290 g/mol. The Hall–Kier alpha value is -1.95. The molecule has 7 heteroatoms. The van der Waals surface area contributed by atoms with E-state index in [0.29, 0.717) is 0 Å². The van der Waals surface area contributed by atoms with E-state index < -0.39 is 0 Å². The van der Waals surface area contributed by atoms with Crippen LogP contribution in [0.5, 0.6) is 0 Å². The Kier molecular flexibility index (Phi) is 3.40. The summed E-state index contributed by atoms with van der Waals surface area (Å²) in [5.74, 6) is 1.80. The van der Waals surface area contributed by atoms with Crippen molar-refractivity contribution in [2.45, 2.75) is 25.3 Å². The fourth-order valence-electron chi connectivity index (χ4n) is 2.28. The van der Waals surface area contributed by atoms with Crippen LogP contribution in [-0.4, -0.2) is 29.3 Å². The Morgan fingerprint density at radius 2 is 2.25 bits per heavy atom. The van der Waals surface area contributed by atoms with Gasteiger partial charge in [0.2, 0.25) is 0 Å². The van der Waals surface area contributed by atoms with E-state index >= 15 is 0 Å². The van der Waals surface area contributed by atoms with Gasteiger partial charge in [-0.05, 0) is 13.0 Å². The van der Waals surface area contributed by atoms with Gasteiger partial charge < -0.3 is 9.13 Å². The van der Waals surface area contributed by atoms with E-state index in [1.807, 2.05) is 24.6 Å². The smallest absolute Gasteiger partial charge is 0.134 e. The first kappa shape index (κ1) is 13.1. The lowest BCUT2D eigenvalue weighted by molar-refractivity contribution is 0.632. The number of pyridine rings is 1. The van der Waals surface area contributed by atoms with Crippen LogP contribution in [0, 0.1) is 0 Å². The molecule has 1 unspecified atom stereocenters. The Morgan fingerprint density at radius 3 is 2.95 bits per heavy atom. The molecule has 1 atom stereocenters. The van der Waals surface area contributed by atoms with Gasteiger partial charge in [0.1, 0.15) is 23.5 Å². The van der Waals surface area contributed by atoms with Crippen molar-refractivity contribution in [1.29, 1.82) is 0 Å². The molecule has 104 valence electrons. The van der Waals surface area contributed by atoms with Gasteiger partial charge in [-0.3, -0.25) is 4.98 Å². The lowest BCUT2D eigenvalue weighted by atomic mass is 10.3. The molecule has 3 rings (SSSR count). The summed E-state index contributed by atoms with van der Waals surface area (Å²) in [5.41, 5.74) is 1.91. The molecule has 0 saturated carbocycles. The first-order chi connectivity index (χ1) is 9.66. The maximum Gasteiger partial charge on any atom is 0.134 e. The second-order valence-corrected chi connectivity index (χ2v) is 5.36. The van der Waals surface area contributed by atoms with Crippen LogP contribution in [0.25, 0.3) is 11.0 Å². The van der Waals surface area contributed by atoms with Crippen molar-refractivity contribution in [2.24, 2.45) is 7.05 Å². The number of fused-ring (bicyclic) bond motifs is 1. The van der Waals surface area contributed by atoms with E-state index in [0.717, 1.165) is 35.6 Å². The van der Waals surface area contributed by atoms with Gasteiger partial charge in [-0.2, -0.15) is 0 Å². The largest absolute Gasteiger partial charge is 0.326 e. The predicted octanol–water partition coefficient (Wildman–Crippen LogP) is 2.10. The van der Waals surface area contributed by atoms with Gasteiger partial charge in [0, 0.05) is 26.2 Å². The van der Waals surface area contributed by atoms with Crippen LogP contribution in [0.2, 0.25) is 0 Å². The second-order valence-electron chi connectivity index (χ2n) is 4.71. The van der Waals surface area contributed by atoms with Crippen LogP contribution in [0.4, 0.5) is 0 Å². The van der Waals surface area contributed by atoms with Crippen LogP contribution < -0.4 is 0 Å². The molecule has 0 aliphatic rings. The standard InChI is InChI=1S/C13H15ClN6/c1-9(14)13-17-10-7-15-5-3-11(10)20(13)6-4-12-18-16-8-19(12)2/h3,5,7-9H,4,6H2,1-2H3. The van der Waals surface area contributed by atoms with Crippen LogP contribution in [0.1, 0.15) is 23.9 Å². The van der Waals surface area contributed by atoms with Crippen LogP contribution in [0.3, 0.4) is 0 Å². The summed E-state index contributed by atoms with van der Waals surface area (Å²) in [7, 11) is 1.94. The Labute approximate surface area is 121 Å². The number of halogens is 1. The third-order valence-electron chi connectivity index (χ3n) is 3.30. The molecule has 3 aromatic heterocycles. The molecule has 0 bridgehead atoms. The quantitative estimate of drug-likeness (QED) is 0.690. The highest BCUT2D eigenvalue weighted by atomic mass is 35.5. The van der Waals surface area contributed by atoms with E-state index in [2.05, 4.69) is 24.7 Å². The van der Waals surface area contributed by atoms with E-state index in [1.165, 1.54) is 0 Å². The van der Waals surface area contributed by atoms with Crippen molar-refractivity contribution in [3.8, 4) is 0 Å². The molecule has 0 spiro atoms. The molecule has 0 aromatic carbocycles. The molecule has 0 fully saturated rings. The lowest BCUT2D eigenvalue weighted by Gasteiger charge is -2.10. The maximum atomic E-state index is 6.23. The molecule has 0 aliphatic carbocycles. The van der Waals surface area contributed by atoms with E-state index in [4.69, 9.17) is 11.6 Å². The van der Waals surface area contributed by atoms with Gasteiger partial charge in [0.15, 0.2) is 0 Å². The number of hydrogen-bond donors (Lipinski definition) is 0. The number of nitrogens with zero attached hydrogens (tertiary/aromatic N) is 6. The summed E-state index contributed by atoms with van der Waals surface area (Å²) in [4.78, 5) is 8.67. The number of aromatic nitrogens is 6. The minimum Gasteiger partial charge on any atom is -0.326 e. The molecule has 0 saturated heterocycles. The normalized spacial score (nSPS) is 12.9. The van der Waals surface area contributed by atoms with Gasteiger partial charge in [-0.15, -0.1) is 21.8 Å². The molecule has 3 heterocycles. The van der Waals surface area contributed by atoms with Crippen molar-refractivity contribution in [2.75, 3.05) is 0 Å². The highest BCUT2D eigenvalue weighted by molar-refractivity contribution is 6.20. The number of hydrogen-bond acceptors (Lipinski definition) is 4. The highest BCUT2D eigenvalue weighted by Crippen LogP contribution is 2.24. The van der Waals surface area contributed by atoms with Gasteiger partial charge in [-0.25, -0.2) is 4.98 Å². The minimum absolute atomic E-state index is 0.151. The zero-order chi connectivity index (χ0) is 14.1. The van der Waals surface area contributed by atoms with Crippen molar-refractivity contribution in [1.82, 2.24) is 29.3 Å². The number of aryl methyl sites for hydroxylation is 3. The number of alkyl halides is 1. The molecule has 0 amide bonds. The Morgan fingerprint density at radius 1 is 1.40 bits per heavy atom. The van der Waals surface area contributed by atoms with Crippen molar-refractivity contribution >= 4 is 22.6 Å². The summed E-state index contributed by atoms with van der Waals surface area (Å²) in [6.45, 7) is 2.69. The molecule has 0 radical (unpaired) electrons.